The molecule has 0 radical (unpaired) electrons. The average Bonchev–Trinajstić information content (AvgIpc) is 2.62. The van der Waals surface area contributed by atoms with Crippen molar-refractivity contribution in [2.45, 2.75) is 19.8 Å². The van der Waals surface area contributed by atoms with E-state index in [0.29, 0.717) is 45.0 Å². The van der Waals surface area contributed by atoms with Gasteiger partial charge in [0.15, 0.2) is 0 Å². The van der Waals surface area contributed by atoms with Crippen molar-refractivity contribution in [1.82, 2.24) is 9.80 Å². The van der Waals surface area contributed by atoms with Crippen molar-refractivity contribution >= 4 is 17.5 Å². The van der Waals surface area contributed by atoms with Crippen LogP contribution in [0.15, 0.2) is 24.3 Å². The summed E-state index contributed by atoms with van der Waals surface area (Å²) >= 11 is 0. The first-order chi connectivity index (χ1) is 11.6. The monoisotopic (exact) mass is 333 g/mol. The van der Waals surface area contributed by atoms with Crippen molar-refractivity contribution in [2.75, 3.05) is 44.2 Å². The van der Waals surface area contributed by atoms with Gasteiger partial charge < -0.3 is 14.7 Å². The fourth-order valence-corrected chi connectivity index (χ4v) is 3.58. The Kier molecular flexibility index (Phi) is 5.02. The largest absolute Gasteiger partial charge is 0.366 e. The molecule has 5 nitrogen and oxygen atoms in total. The van der Waals surface area contributed by atoms with Gasteiger partial charge in [-0.15, -0.1) is 0 Å². The minimum Gasteiger partial charge on any atom is -0.366 e. The van der Waals surface area contributed by atoms with Crippen LogP contribution in [0.5, 0.6) is 0 Å². The number of para-hydroxylation sites is 1. The number of nitrogens with zero attached hydrogens (tertiary/aromatic N) is 3. The van der Waals surface area contributed by atoms with Crippen molar-refractivity contribution in [3.05, 3.63) is 30.1 Å². The molecule has 2 fully saturated rings. The molecule has 0 unspecified atom stereocenters. The van der Waals surface area contributed by atoms with E-state index in [-0.39, 0.29) is 23.5 Å². The van der Waals surface area contributed by atoms with Gasteiger partial charge in [0.05, 0.1) is 5.69 Å². The lowest BCUT2D eigenvalue weighted by molar-refractivity contribution is -0.140. The molecule has 24 heavy (non-hydrogen) atoms. The molecule has 2 saturated heterocycles. The summed E-state index contributed by atoms with van der Waals surface area (Å²) in [6.07, 6.45) is 1.48. The van der Waals surface area contributed by atoms with Crippen LogP contribution in [-0.2, 0) is 9.59 Å². The van der Waals surface area contributed by atoms with Gasteiger partial charge in [-0.2, -0.15) is 0 Å². The van der Waals surface area contributed by atoms with Crippen molar-refractivity contribution in [1.29, 1.82) is 0 Å². The minimum absolute atomic E-state index is 0.0145. The number of benzene rings is 1. The van der Waals surface area contributed by atoms with Crippen LogP contribution in [0.2, 0.25) is 0 Å². The smallest absolute Gasteiger partial charge is 0.225 e. The van der Waals surface area contributed by atoms with Gasteiger partial charge in [-0.1, -0.05) is 12.1 Å². The van der Waals surface area contributed by atoms with Crippen molar-refractivity contribution < 1.29 is 14.0 Å². The Morgan fingerprint density at radius 2 is 1.58 bits per heavy atom. The first-order valence-corrected chi connectivity index (χ1v) is 8.60. The molecule has 2 aliphatic rings. The number of likely N-dealkylation sites (tertiary alicyclic amines) is 1. The molecule has 0 spiro atoms. The van der Waals surface area contributed by atoms with Crippen LogP contribution in [0.3, 0.4) is 0 Å². The molecule has 0 bridgehead atoms. The number of hydrogen-bond donors (Lipinski definition) is 0. The lowest BCUT2D eigenvalue weighted by Crippen LogP contribution is -2.52. The van der Waals surface area contributed by atoms with Crippen LogP contribution in [-0.4, -0.2) is 60.9 Å². The predicted octanol–water partition coefficient (Wildman–Crippen LogP) is 1.73. The van der Waals surface area contributed by atoms with Crippen molar-refractivity contribution in [3.8, 4) is 0 Å². The first-order valence-electron chi connectivity index (χ1n) is 8.60. The fourth-order valence-electron chi connectivity index (χ4n) is 3.58. The number of carbonyl (C=O) groups excluding carboxylic acids is 2. The predicted molar refractivity (Wildman–Crippen MR) is 90.2 cm³/mol. The normalized spacial score (nSPS) is 19.5. The molecule has 1 aromatic carbocycles. The summed E-state index contributed by atoms with van der Waals surface area (Å²) in [4.78, 5) is 29.7. The third-order valence-corrected chi connectivity index (χ3v) is 5.07. The maximum absolute atomic E-state index is 13.9. The molecule has 2 amide bonds. The van der Waals surface area contributed by atoms with Gasteiger partial charge in [-0.3, -0.25) is 9.59 Å². The number of halogens is 1. The molecule has 0 saturated carbocycles. The fraction of sp³-hybridized carbons (Fsp3) is 0.556. The summed E-state index contributed by atoms with van der Waals surface area (Å²) in [5, 5.41) is 0. The van der Waals surface area contributed by atoms with Crippen molar-refractivity contribution in [3.63, 3.8) is 0 Å². The third-order valence-electron chi connectivity index (χ3n) is 5.07. The SMILES string of the molecule is CC(=O)N1CCC(C(=O)N2CCN(c3ccccc3F)CC2)CC1. The Balaban J connectivity index is 1.52. The lowest BCUT2D eigenvalue weighted by Gasteiger charge is -2.39. The summed E-state index contributed by atoms with van der Waals surface area (Å²) in [5.74, 6) is 0.0697. The van der Waals surface area contributed by atoms with Gasteiger partial charge in [-0.05, 0) is 25.0 Å². The standard InChI is InChI=1S/C18H24FN3O2/c1-14(23)20-8-6-15(7-9-20)18(24)22-12-10-21(11-13-22)17-5-3-2-4-16(17)19/h2-5,15H,6-13H2,1H3. The van der Waals surface area contributed by atoms with Crippen LogP contribution in [0.1, 0.15) is 19.8 Å². The highest BCUT2D eigenvalue weighted by molar-refractivity contribution is 5.80. The van der Waals surface area contributed by atoms with E-state index < -0.39 is 0 Å². The Morgan fingerprint density at radius 3 is 2.17 bits per heavy atom. The zero-order valence-electron chi connectivity index (χ0n) is 14.1. The van der Waals surface area contributed by atoms with Gasteiger partial charge in [0.25, 0.3) is 0 Å². The second-order valence-electron chi connectivity index (χ2n) is 6.54. The number of anilines is 1. The van der Waals surface area contributed by atoms with Crippen LogP contribution in [0, 0.1) is 11.7 Å². The van der Waals surface area contributed by atoms with Gasteiger partial charge in [0.1, 0.15) is 5.82 Å². The third kappa shape index (κ3) is 3.52. The zero-order valence-corrected chi connectivity index (χ0v) is 14.1. The molecule has 6 heteroatoms. The van der Waals surface area contributed by atoms with Crippen molar-refractivity contribution in [2.24, 2.45) is 5.92 Å². The maximum atomic E-state index is 13.9. The first kappa shape index (κ1) is 16.7. The van der Waals surface area contributed by atoms with E-state index in [9.17, 15) is 14.0 Å². The molecule has 1 aromatic rings. The molecule has 2 heterocycles. The van der Waals surface area contributed by atoms with Crippen LogP contribution >= 0.6 is 0 Å². The molecular weight excluding hydrogens is 309 g/mol. The number of piperazine rings is 1. The summed E-state index contributed by atoms with van der Waals surface area (Å²) in [7, 11) is 0. The molecule has 3 rings (SSSR count). The number of amides is 2. The topological polar surface area (TPSA) is 43.9 Å². The molecule has 130 valence electrons. The van der Waals surface area contributed by atoms with E-state index in [1.165, 1.54) is 6.07 Å². The highest BCUT2D eigenvalue weighted by atomic mass is 19.1. The van der Waals surface area contributed by atoms with E-state index in [2.05, 4.69) is 0 Å². The number of carbonyl (C=O) groups is 2. The van der Waals surface area contributed by atoms with E-state index in [1.54, 1.807) is 24.0 Å². The van der Waals surface area contributed by atoms with E-state index >= 15 is 0 Å². The Labute approximate surface area is 142 Å². The Hall–Kier alpha value is -2.11. The quantitative estimate of drug-likeness (QED) is 0.828. The lowest BCUT2D eigenvalue weighted by atomic mass is 9.95. The number of piperidine rings is 1. The van der Waals surface area contributed by atoms with Crippen LogP contribution in [0.25, 0.3) is 0 Å². The molecular formula is C18H24FN3O2. The molecule has 2 aliphatic heterocycles. The Bertz CT molecular complexity index is 606. The summed E-state index contributed by atoms with van der Waals surface area (Å²) in [5.41, 5.74) is 0.611. The highest BCUT2D eigenvalue weighted by Gasteiger charge is 2.31. The van der Waals surface area contributed by atoms with Crippen LogP contribution in [0.4, 0.5) is 10.1 Å². The van der Waals surface area contributed by atoms with Crippen LogP contribution < -0.4 is 4.90 Å². The summed E-state index contributed by atoms with van der Waals surface area (Å²) in [6.45, 7) is 5.46. The number of rotatable bonds is 2. The zero-order chi connectivity index (χ0) is 17.1. The van der Waals surface area contributed by atoms with E-state index in [4.69, 9.17) is 0 Å². The van der Waals surface area contributed by atoms with E-state index in [1.807, 2.05) is 15.9 Å². The summed E-state index contributed by atoms with van der Waals surface area (Å²) in [6, 6.07) is 6.77. The van der Waals surface area contributed by atoms with Gasteiger partial charge >= 0.3 is 0 Å². The molecule has 0 N–H and O–H groups in total. The van der Waals surface area contributed by atoms with E-state index in [0.717, 1.165) is 12.8 Å². The Morgan fingerprint density at radius 1 is 0.958 bits per heavy atom. The molecule has 0 aromatic heterocycles. The average molecular weight is 333 g/mol. The van der Waals surface area contributed by atoms with Gasteiger partial charge in [0.2, 0.25) is 11.8 Å². The molecule has 0 aliphatic carbocycles. The summed E-state index contributed by atoms with van der Waals surface area (Å²) < 4.78 is 13.9. The van der Waals surface area contributed by atoms with Gasteiger partial charge in [0, 0.05) is 52.1 Å². The van der Waals surface area contributed by atoms with Gasteiger partial charge in [-0.25, -0.2) is 4.39 Å². The second-order valence-corrected chi connectivity index (χ2v) is 6.54. The molecule has 0 atom stereocenters. The highest BCUT2D eigenvalue weighted by Crippen LogP contribution is 2.23. The number of hydrogen-bond acceptors (Lipinski definition) is 3. The minimum atomic E-state index is -0.214. The second kappa shape index (κ2) is 7.20. The maximum Gasteiger partial charge on any atom is 0.225 e.